The third kappa shape index (κ3) is 3.45. The zero-order valence-electron chi connectivity index (χ0n) is 14.8. The molecule has 0 radical (unpaired) electrons. The lowest BCUT2D eigenvalue weighted by Gasteiger charge is -2.12. The van der Waals surface area contributed by atoms with E-state index in [1.165, 1.54) is 27.1 Å². The summed E-state index contributed by atoms with van der Waals surface area (Å²) < 4.78 is 6.64. The third-order valence-electron chi connectivity index (χ3n) is 4.23. The highest BCUT2D eigenvalue weighted by Crippen LogP contribution is 2.34. The van der Waals surface area contributed by atoms with Gasteiger partial charge in [0, 0.05) is 20.7 Å². The maximum Gasteiger partial charge on any atom is 0.263 e. The lowest BCUT2D eigenvalue weighted by molar-refractivity contribution is -0.122. The number of fused-ring (bicyclic) bond motifs is 1. The Bertz CT molecular complexity index is 1150. The molecule has 4 aromatic heterocycles. The van der Waals surface area contributed by atoms with Crippen LogP contribution >= 0.6 is 22.7 Å². The summed E-state index contributed by atoms with van der Waals surface area (Å²) in [4.78, 5) is 32.6. The fraction of sp³-hybridized carbons (Fsp3) is 0.211. The summed E-state index contributed by atoms with van der Waals surface area (Å²) in [7, 11) is 0. The SMILES string of the molecule is Cc1ccc(-c2csc3ncn(CC(=O)NC(C)c4ccco4)c(=O)c23)s1. The summed E-state index contributed by atoms with van der Waals surface area (Å²) in [5, 5.41) is 5.35. The van der Waals surface area contributed by atoms with E-state index >= 15 is 0 Å². The van der Waals surface area contributed by atoms with Gasteiger partial charge in [0.25, 0.3) is 5.56 Å². The van der Waals surface area contributed by atoms with E-state index in [9.17, 15) is 9.59 Å². The molecule has 0 saturated carbocycles. The topological polar surface area (TPSA) is 77.1 Å². The Kier molecular flexibility index (Phi) is 4.67. The van der Waals surface area contributed by atoms with Crippen LogP contribution in [-0.2, 0) is 11.3 Å². The zero-order valence-corrected chi connectivity index (χ0v) is 16.4. The lowest BCUT2D eigenvalue weighted by atomic mass is 10.2. The Labute approximate surface area is 163 Å². The molecule has 0 spiro atoms. The minimum atomic E-state index is -0.273. The molecule has 1 atom stereocenters. The van der Waals surface area contributed by atoms with Crippen LogP contribution in [0.25, 0.3) is 20.7 Å². The van der Waals surface area contributed by atoms with Crippen LogP contribution in [0.5, 0.6) is 0 Å². The van der Waals surface area contributed by atoms with Gasteiger partial charge in [-0.25, -0.2) is 4.98 Å². The van der Waals surface area contributed by atoms with E-state index in [2.05, 4.69) is 10.3 Å². The van der Waals surface area contributed by atoms with Crippen molar-refractivity contribution in [3.8, 4) is 10.4 Å². The standard InChI is InChI=1S/C19H17N3O3S2/c1-11-5-6-15(27-11)13-9-26-18-17(13)19(24)22(10-20-18)8-16(23)21-12(2)14-4-3-7-25-14/h3-7,9-10,12H,8H2,1-2H3,(H,21,23). The molecule has 1 amide bonds. The predicted octanol–water partition coefficient (Wildman–Crippen LogP) is 3.97. The molecule has 4 rings (SSSR count). The van der Waals surface area contributed by atoms with E-state index in [0.717, 1.165) is 10.4 Å². The fourth-order valence-corrected chi connectivity index (χ4v) is 4.75. The van der Waals surface area contributed by atoms with E-state index in [1.807, 2.05) is 31.4 Å². The van der Waals surface area contributed by atoms with Crippen LogP contribution in [0, 0.1) is 6.92 Å². The number of thiophene rings is 2. The van der Waals surface area contributed by atoms with Gasteiger partial charge in [0.15, 0.2) is 0 Å². The van der Waals surface area contributed by atoms with Gasteiger partial charge in [-0.15, -0.1) is 22.7 Å². The van der Waals surface area contributed by atoms with Crippen molar-refractivity contribution >= 4 is 38.8 Å². The van der Waals surface area contributed by atoms with Gasteiger partial charge in [-0.05, 0) is 38.1 Å². The summed E-state index contributed by atoms with van der Waals surface area (Å²) in [5.41, 5.74) is 0.674. The van der Waals surface area contributed by atoms with Gasteiger partial charge < -0.3 is 9.73 Å². The van der Waals surface area contributed by atoms with E-state index in [0.29, 0.717) is 16.0 Å². The van der Waals surface area contributed by atoms with E-state index in [4.69, 9.17) is 4.42 Å². The van der Waals surface area contributed by atoms with Crippen LogP contribution in [0.4, 0.5) is 0 Å². The molecule has 138 valence electrons. The van der Waals surface area contributed by atoms with Gasteiger partial charge in [0.2, 0.25) is 5.91 Å². The number of aryl methyl sites for hydroxylation is 1. The summed E-state index contributed by atoms with van der Waals surface area (Å²) in [5.74, 6) is 0.392. The van der Waals surface area contributed by atoms with Gasteiger partial charge in [-0.1, -0.05) is 0 Å². The molecule has 1 N–H and O–H groups in total. The largest absolute Gasteiger partial charge is 0.467 e. The van der Waals surface area contributed by atoms with Crippen molar-refractivity contribution in [3.63, 3.8) is 0 Å². The maximum atomic E-state index is 13.0. The highest BCUT2D eigenvalue weighted by atomic mass is 32.1. The number of carbonyl (C=O) groups is 1. The minimum absolute atomic E-state index is 0.0917. The van der Waals surface area contributed by atoms with Crippen LogP contribution in [-0.4, -0.2) is 15.5 Å². The Hall–Kier alpha value is -2.71. The smallest absolute Gasteiger partial charge is 0.263 e. The number of nitrogens with zero attached hydrogens (tertiary/aromatic N) is 2. The van der Waals surface area contributed by atoms with Crippen molar-refractivity contribution in [1.29, 1.82) is 0 Å². The number of hydrogen-bond acceptors (Lipinski definition) is 6. The summed E-state index contributed by atoms with van der Waals surface area (Å²) >= 11 is 3.07. The number of furan rings is 1. The quantitative estimate of drug-likeness (QED) is 0.551. The zero-order chi connectivity index (χ0) is 19.0. The number of rotatable bonds is 5. The van der Waals surface area contributed by atoms with Crippen molar-refractivity contribution in [1.82, 2.24) is 14.9 Å². The minimum Gasteiger partial charge on any atom is -0.467 e. The van der Waals surface area contributed by atoms with E-state index < -0.39 is 0 Å². The van der Waals surface area contributed by atoms with Crippen molar-refractivity contribution in [2.24, 2.45) is 0 Å². The second kappa shape index (κ2) is 7.13. The number of aromatic nitrogens is 2. The molecule has 0 bridgehead atoms. The second-order valence-corrected chi connectivity index (χ2v) is 8.37. The number of carbonyl (C=O) groups excluding carboxylic acids is 1. The van der Waals surface area contributed by atoms with Crippen molar-refractivity contribution in [3.05, 3.63) is 63.2 Å². The highest BCUT2D eigenvalue weighted by molar-refractivity contribution is 7.19. The van der Waals surface area contributed by atoms with Gasteiger partial charge in [-0.2, -0.15) is 0 Å². The van der Waals surface area contributed by atoms with E-state index in [1.54, 1.807) is 29.7 Å². The van der Waals surface area contributed by atoms with Crippen LogP contribution in [0.1, 0.15) is 23.6 Å². The van der Waals surface area contributed by atoms with Gasteiger partial charge in [0.05, 0.1) is 24.0 Å². The molecule has 0 aliphatic carbocycles. The summed E-state index contributed by atoms with van der Waals surface area (Å²) in [6.07, 6.45) is 2.99. The molecule has 4 aromatic rings. The monoisotopic (exact) mass is 399 g/mol. The van der Waals surface area contributed by atoms with E-state index in [-0.39, 0.29) is 24.1 Å². The van der Waals surface area contributed by atoms with Crippen LogP contribution < -0.4 is 10.9 Å². The van der Waals surface area contributed by atoms with Crippen LogP contribution in [0.3, 0.4) is 0 Å². The number of amides is 1. The molecular formula is C19H17N3O3S2. The van der Waals surface area contributed by atoms with Crippen LogP contribution in [0.2, 0.25) is 0 Å². The highest BCUT2D eigenvalue weighted by Gasteiger charge is 2.17. The lowest BCUT2D eigenvalue weighted by Crippen LogP contribution is -2.33. The molecule has 0 aromatic carbocycles. The normalized spacial score (nSPS) is 12.4. The first-order chi connectivity index (χ1) is 13.0. The van der Waals surface area contributed by atoms with Gasteiger partial charge in [0.1, 0.15) is 17.1 Å². The van der Waals surface area contributed by atoms with Crippen molar-refractivity contribution < 1.29 is 9.21 Å². The second-order valence-electron chi connectivity index (χ2n) is 6.22. The first-order valence-corrected chi connectivity index (χ1v) is 10.1. The molecular weight excluding hydrogens is 382 g/mol. The Morgan fingerprint density at radius 2 is 2.22 bits per heavy atom. The average molecular weight is 399 g/mol. The molecule has 0 fully saturated rings. The maximum absolute atomic E-state index is 13.0. The van der Waals surface area contributed by atoms with Crippen molar-refractivity contribution in [2.45, 2.75) is 26.4 Å². The van der Waals surface area contributed by atoms with Gasteiger partial charge in [-0.3, -0.25) is 14.2 Å². The molecule has 1 unspecified atom stereocenters. The number of hydrogen-bond donors (Lipinski definition) is 1. The number of nitrogens with one attached hydrogen (secondary N) is 1. The first-order valence-electron chi connectivity index (χ1n) is 8.39. The van der Waals surface area contributed by atoms with Crippen LogP contribution in [0.15, 0.2) is 51.4 Å². The fourth-order valence-electron chi connectivity index (χ4n) is 2.89. The average Bonchev–Trinajstić information content (AvgIpc) is 3.37. The summed E-state index contributed by atoms with van der Waals surface area (Å²) in [6, 6.07) is 7.33. The Morgan fingerprint density at radius 3 is 2.93 bits per heavy atom. The molecule has 0 aliphatic rings. The molecule has 0 aliphatic heterocycles. The molecule has 27 heavy (non-hydrogen) atoms. The third-order valence-corrected chi connectivity index (χ3v) is 6.15. The molecule has 8 heteroatoms. The Balaban J connectivity index is 1.62. The predicted molar refractivity (Wildman–Crippen MR) is 107 cm³/mol. The first kappa shape index (κ1) is 17.7. The molecule has 4 heterocycles. The van der Waals surface area contributed by atoms with Gasteiger partial charge >= 0.3 is 0 Å². The molecule has 6 nitrogen and oxygen atoms in total. The summed E-state index contributed by atoms with van der Waals surface area (Å²) in [6.45, 7) is 3.77. The van der Waals surface area contributed by atoms with Crippen molar-refractivity contribution in [2.75, 3.05) is 0 Å². The Morgan fingerprint density at radius 1 is 1.37 bits per heavy atom. The molecule has 0 saturated heterocycles.